The number of carbonyl (C=O) groups excluding carboxylic acids is 1. The number of nitrogens with zero attached hydrogens (tertiary/aromatic N) is 1. The van der Waals surface area contributed by atoms with Crippen LogP contribution in [0, 0.1) is 5.92 Å². The van der Waals surface area contributed by atoms with Gasteiger partial charge in [-0.3, -0.25) is 4.79 Å². The van der Waals surface area contributed by atoms with Gasteiger partial charge in [-0.1, -0.05) is 50.5 Å². The number of carbonyl (C=O) groups is 1. The molecule has 4 heteroatoms. The molecule has 0 atom stereocenters. The van der Waals surface area contributed by atoms with Crippen LogP contribution in [0.2, 0.25) is 0 Å². The van der Waals surface area contributed by atoms with Gasteiger partial charge in [-0.05, 0) is 24.8 Å². The fraction of sp³-hybridized carbons (Fsp3) is 0.444. The molecule has 0 unspecified atom stereocenters. The zero-order chi connectivity index (χ0) is 15.4. The zero-order valence-corrected chi connectivity index (χ0v) is 13.8. The largest absolute Gasteiger partial charge is 0.302 e. The molecular weight excluding hydrogens is 292 g/mol. The molecule has 22 heavy (non-hydrogen) atoms. The van der Waals surface area contributed by atoms with Gasteiger partial charge in [0.25, 0.3) is 0 Å². The van der Waals surface area contributed by atoms with Crippen LogP contribution < -0.4 is 5.32 Å². The molecule has 0 aliphatic heterocycles. The van der Waals surface area contributed by atoms with Crippen molar-refractivity contribution in [2.24, 2.45) is 5.92 Å². The average molecular weight is 314 g/mol. The Morgan fingerprint density at radius 1 is 1.23 bits per heavy atom. The Kier molecular flexibility index (Phi) is 4.88. The molecule has 1 aromatic carbocycles. The highest BCUT2D eigenvalue weighted by atomic mass is 32.1. The van der Waals surface area contributed by atoms with Gasteiger partial charge in [0.15, 0.2) is 5.13 Å². The van der Waals surface area contributed by atoms with Gasteiger partial charge in [-0.25, -0.2) is 4.98 Å². The van der Waals surface area contributed by atoms with E-state index >= 15 is 0 Å². The van der Waals surface area contributed by atoms with Crippen molar-refractivity contribution in [2.45, 2.75) is 45.4 Å². The molecule has 0 radical (unpaired) electrons. The highest BCUT2D eigenvalue weighted by molar-refractivity contribution is 7.14. The van der Waals surface area contributed by atoms with Crippen LogP contribution in [0.5, 0.6) is 0 Å². The van der Waals surface area contributed by atoms with Crippen LogP contribution in [0.4, 0.5) is 5.13 Å². The molecule has 0 bridgehead atoms. The zero-order valence-electron chi connectivity index (χ0n) is 13.0. The second kappa shape index (κ2) is 7.05. The van der Waals surface area contributed by atoms with Gasteiger partial charge in [0.2, 0.25) is 5.91 Å². The van der Waals surface area contributed by atoms with Gasteiger partial charge in [0.1, 0.15) is 0 Å². The Morgan fingerprint density at radius 2 is 1.95 bits per heavy atom. The van der Waals surface area contributed by atoms with Crippen molar-refractivity contribution in [2.75, 3.05) is 5.32 Å². The molecule has 1 heterocycles. The van der Waals surface area contributed by atoms with Crippen molar-refractivity contribution in [3.05, 3.63) is 35.2 Å². The predicted molar refractivity (Wildman–Crippen MR) is 92.1 cm³/mol. The Balaban J connectivity index is 1.66. The van der Waals surface area contributed by atoms with E-state index < -0.39 is 0 Å². The molecule has 1 fully saturated rings. The third kappa shape index (κ3) is 3.55. The summed E-state index contributed by atoms with van der Waals surface area (Å²) >= 11 is 1.50. The van der Waals surface area contributed by atoms with Crippen molar-refractivity contribution in [1.82, 2.24) is 4.98 Å². The van der Waals surface area contributed by atoms with E-state index in [1.54, 1.807) is 0 Å². The monoisotopic (exact) mass is 314 g/mol. The van der Waals surface area contributed by atoms with E-state index in [0.29, 0.717) is 5.13 Å². The predicted octanol–water partition coefficient (Wildman–Crippen LogP) is 4.89. The summed E-state index contributed by atoms with van der Waals surface area (Å²) in [5, 5.41) is 5.72. The number of aromatic nitrogens is 1. The first-order valence-electron chi connectivity index (χ1n) is 8.12. The SMILES string of the molecule is CCc1ccc(-c2csc(NC(=O)C3CCCCC3)n2)cc1. The summed E-state index contributed by atoms with van der Waals surface area (Å²) in [5.74, 6) is 0.312. The van der Waals surface area contributed by atoms with Gasteiger partial charge in [-0.2, -0.15) is 0 Å². The Bertz CT molecular complexity index is 627. The number of aryl methyl sites for hydroxylation is 1. The average Bonchev–Trinajstić information content (AvgIpc) is 3.04. The first-order chi connectivity index (χ1) is 10.8. The van der Waals surface area contributed by atoms with Crippen molar-refractivity contribution < 1.29 is 4.79 Å². The molecule has 1 N–H and O–H groups in total. The number of hydrogen-bond donors (Lipinski definition) is 1. The highest BCUT2D eigenvalue weighted by Crippen LogP contribution is 2.28. The lowest BCUT2D eigenvalue weighted by molar-refractivity contribution is -0.120. The Hall–Kier alpha value is -1.68. The number of thiazole rings is 1. The summed E-state index contributed by atoms with van der Waals surface area (Å²) < 4.78 is 0. The number of hydrogen-bond acceptors (Lipinski definition) is 3. The molecule has 3 nitrogen and oxygen atoms in total. The number of nitrogens with one attached hydrogen (secondary N) is 1. The standard InChI is InChI=1S/C18H22N2OS/c1-2-13-8-10-14(11-9-13)16-12-22-18(19-16)20-17(21)15-6-4-3-5-7-15/h8-12,15H,2-7H2,1H3,(H,19,20,21). The lowest BCUT2D eigenvalue weighted by Crippen LogP contribution is -2.24. The van der Waals surface area contributed by atoms with Crippen molar-refractivity contribution in [3.63, 3.8) is 0 Å². The van der Waals surface area contributed by atoms with Gasteiger partial charge in [0.05, 0.1) is 5.69 Å². The molecule has 1 aliphatic carbocycles. The topological polar surface area (TPSA) is 42.0 Å². The van der Waals surface area contributed by atoms with Gasteiger partial charge in [0, 0.05) is 16.9 Å². The Morgan fingerprint density at radius 3 is 2.64 bits per heavy atom. The molecule has 2 aromatic rings. The van der Waals surface area contributed by atoms with Gasteiger partial charge in [-0.15, -0.1) is 11.3 Å². The Labute approximate surface area is 135 Å². The third-order valence-electron chi connectivity index (χ3n) is 4.37. The summed E-state index contributed by atoms with van der Waals surface area (Å²) in [7, 11) is 0. The van der Waals surface area contributed by atoms with Crippen LogP contribution in [-0.2, 0) is 11.2 Å². The van der Waals surface area contributed by atoms with Crippen molar-refractivity contribution in [1.29, 1.82) is 0 Å². The maximum absolute atomic E-state index is 12.3. The smallest absolute Gasteiger partial charge is 0.229 e. The van der Waals surface area contributed by atoms with Crippen molar-refractivity contribution >= 4 is 22.4 Å². The lowest BCUT2D eigenvalue weighted by atomic mass is 9.89. The number of benzene rings is 1. The fourth-order valence-electron chi connectivity index (χ4n) is 2.95. The molecule has 1 amide bonds. The van der Waals surface area contributed by atoms with Gasteiger partial charge >= 0.3 is 0 Å². The molecule has 0 spiro atoms. The normalized spacial score (nSPS) is 15.7. The molecule has 1 aliphatic rings. The summed E-state index contributed by atoms with van der Waals surface area (Å²) in [6, 6.07) is 8.46. The van der Waals surface area contributed by atoms with Crippen molar-refractivity contribution in [3.8, 4) is 11.3 Å². The minimum atomic E-state index is 0.141. The maximum Gasteiger partial charge on any atom is 0.229 e. The van der Waals surface area contributed by atoms with Crippen LogP contribution in [0.1, 0.15) is 44.6 Å². The fourth-order valence-corrected chi connectivity index (χ4v) is 3.67. The number of anilines is 1. The van der Waals surface area contributed by atoms with Crippen LogP contribution in [0.25, 0.3) is 11.3 Å². The summed E-state index contributed by atoms with van der Waals surface area (Å²) in [5.41, 5.74) is 3.36. The van der Waals surface area contributed by atoms with Crippen LogP contribution in [-0.4, -0.2) is 10.9 Å². The van der Waals surface area contributed by atoms with E-state index in [1.807, 2.05) is 5.38 Å². The minimum absolute atomic E-state index is 0.141. The van der Waals surface area contributed by atoms with Crippen LogP contribution in [0.3, 0.4) is 0 Å². The van der Waals surface area contributed by atoms with Crippen LogP contribution >= 0.6 is 11.3 Å². The summed E-state index contributed by atoms with van der Waals surface area (Å²) in [4.78, 5) is 16.8. The second-order valence-electron chi connectivity index (χ2n) is 5.91. The number of rotatable bonds is 4. The quantitative estimate of drug-likeness (QED) is 0.873. The van der Waals surface area contributed by atoms with E-state index in [4.69, 9.17) is 0 Å². The maximum atomic E-state index is 12.3. The third-order valence-corrected chi connectivity index (χ3v) is 5.13. The van der Waals surface area contributed by atoms with Crippen LogP contribution in [0.15, 0.2) is 29.6 Å². The molecule has 1 aromatic heterocycles. The first-order valence-corrected chi connectivity index (χ1v) is 9.00. The summed E-state index contributed by atoms with van der Waals surface area (Å²) in [6.45, 7) is 2.15. The molecule has 3 rings (SSSR count). The highest BCUT2D eigenvalue weighted by Gasteiger charge is 2.21. The summed E-state index contributed by atoms with van der Waals surface area (Å²) in [6.07, 6.45) is 6.68. The second-order valence-corrected chi connectivity index (χ2v) is 6.77. The molecule has 1 saturated carbocycles. The van der Waals surface area contributed by atoms with E-state index in [2.05, 4.69) is 41.5 Å². The van der Waals surface area contributed by atoms with E-state index in [0.717, 1.165) is 30.5 Å². The van der Waals surface area contributed by atoms with Gasteiger partial charge < -0.3 is 5.32 Å². The number of amides is 1. The molecule has 116 valence electrons. The minimum Gasteiger partial charge on any atom is -0.302 e. The molecule has 0 saturated heterocycles. The lowest BCUT2D eigenvalue weighted by Gasteiger charge is -2.19. The van der Waals surface area contributed by atoms with E-state index in [-0.39, 0.29) is 11.8 Å². The van der Waals surface area contributed by atoms with E-state index in [1.165, 1.54) is 36.2 Å². The molecular formula is C18H22N2OS. The van der Waals surface area contributed by atoms with E-state index in [9.17, 15) is 4.79 Å². The first kappa shape index (κ1) is 15.2.